The fourth-order valence-corrected chi connectivity index (χ4v) is 1.59. The number of aromatic nitrogens is 2. The zero-order valence-electron chi connectivity index (χ0n) is 9.95. The predicted molar refractivity (Wildman–Crippen MR) is 63.2 cm³/mol. The van der Waals surface area contributed by atoms with Crippen LogP contribution in [0.25, 0.3) is 0 Å². The third-order valence-electron chi connectivity index (χ3n) is 2.39. The van der Waals surface area contributed by atoms with Crippen molar-refractivity contribution in [1.29, 1.82) is 5.26 Å². The lowest BCUT2D eigenvalue weighted by atomic mass is 10.0. The summed E-state index contributed by atoms with van der Waals surface area (Å²) in [6.07, 6.45) is 1.42. The molecule has 90 valence electrons. The molecule has 1 aromatic heterocycles. The quantitative estimate of drug-likeness (QED) is 0.764. The van der Waals surface area contributed by atoms with Gasteiger partial charge in [0.25, 0.3) is 0 Å². The zero-order chi connectivity index (χ0) is 12.8. The van der Waals surface area contributed by atoms with Crippen molar-refractivity contribution in [3.05, 3.63) is 16.8 Å². The van der Waals surface area contributed by atoms with Crippen LogP contribution in [0.3, 0.4) is 0 Å². The van der Waals surface area contributed by atoms with Gasteiger partial charge in [-0.3, -0.25) is 4.79 Å². The Hall–Kier alpha value is -2.16. The van der Waals surface area contributed by atoms with Gasteiger partial charge in [-0.15, -0.1) is 5.10 Å². The maximum Gasteiger partial charge on any atom is 0.236 e. The Balaban J connectivity index is 3.15. The summed E-state index contributed by atoms with van der Waals surface area (Å²) >= 11 is 0. The molecule has 0 unspecified atom stereocenters. The number of carbonyl (C=O) groups excluding carboxylic acids is 1. The largest absolute Gasteiger partial charge is 0.368 e. The van der Waals surface area contributed by atoms with E-state index in [-0.39, 0.29) is 6.54 Å². The topological polar surface area (TPSA) is 105 Å². The number of hydrogen-bond acceptors (Lipinski definition) is 5. The number of rotatable bonds is 5. The molecule has 3 N–H and O–H groups in total. The van der Waals surface area contributed by atoms with Gasteiger partial charge >= 0.3 is 0 Å². The molecule has 1 rings (SSSR count). The molecule has 6 heteroatoms. The average Bonchev–Trinajstić information content (AvgIpc) is 2.34. The summed E-state index contributed by atoms with van der Waals surface area (Å²) in [4.78, 5) is 10.7. The molecule has 0 aromatic carbocycles. The van der Waals surface area contributed by atoms with Gasteiger partial charge in [0.2, 0.25) is 5.91 Å². The molecule has 0 saturated carbocycles. The van der Waals surface area contributed by atoms with Crippen molar-refractivity contribution in [2.45, 2.75) is 26.7 Å². The highest BCUT2D eigenvalue weighted by Gasteiger charge is 2.14. The van der Waals surface area contributed by atoms with Gasteiger partial charge in [0.1, 0.15) is 11.6 Å². The van der Waals surface area contributed by atoms with E-state index in [9.17, 15) is 4.79 Å². The number of nitrogens with zero attached hydrogens (tertiary/aromatic N) is 3. The van der Waals surface area contributed by atoms with E-state index in [1.54, 1.807) is 0 Å². The number of carbonyl (C=O) groups is 1. The van der Waals surface area contributed by atoms with E-state index in [4.69, 9.17) is 11.0 Å². The monoisotopic (exact) mass is 233 g/mol. The molecule has 6 nitrogen and oxygen atoms in total. The van der Waals surface area contributed by atoms with E-state index in [2.05, 4.69) is 21.6 Å². The van der Waals surface area contributed by atoms with Crippen molar-refractivity contribution in [1.82, 2.24) is 10.2 Å². The highest BCUT2D eigenvalue weighted by Crippen LogP contribution is 2.19. The number of aryl methyl sites for hydroxylation is 1. The normalized spacial score (nSPS) is 9.71. The second kappa shape index (κ2) is 5.80. The van der Waals surface area contributed by atoms with Gasteiger partial charge < -0.3 is 11.1 Å². The molecular weight excluding hydrogens is 218 g/mol. The Morgan fingerprint density at radius 2 is 2.12 bits per heavy atom. The van der Waals surface area contributed by atoms with Crippen molar-refractivity contribution in [3.8, 4) is 6.07 Å². The van der Waals surface area contributed by atoms with Gasteiger partial charge in [-0.25, -0.2) is 0 Å². The van der Waals surface area contributed by atoms with Gasteiger partial charge in [-0.05, 0) is 18.4 Å². The van der Waals surface area contributed by atoms with E-state index in [0.29, 0.717) is 17.8 Å². The summed E-state index contributed by atoms with van der Waals surface area (Å²) in [5, 5.41) is 19.8. The van der Waals surface area contributed by atoms with Crippen LogP contribution in [0.15, 0.2) is 0 Å². The first-order valence-electron chi connectivity index (χ1n) is 5.44. The number of hydrogen-bond donors (Lipinski definition) is 2. The highest BCUT2D eigenvalue weighted by atomic mass is 16.1. The van der Waals surface area contributed by atoms with Gasteiger partial charge in [-0.1, -0.05) is 13.8 Å². The summed E-state index contributed by atoms with van der Waals surface area (Å²) in [5.41, 5.74) is 7.16. The molecule has 0 spiro atoms. The van der Waals surface area contributed by atoms with E-state index >= 15 is 0 Å². The van der Waals surface area contributed by atoms with Crippen LogP contribution in [-0.2, 0) is 17.6 Å². The number of primary amides is 1. The van der Waals surface area contributed by atoms with E-state index < -0.39 is 5.91 Å². The van der Waals surface area contributed by atoms with Crippen LogP contribution in [0.1, 0.15) is 30.7 Å². The Kier molecular flexibility index (Phi) is 4.40. The minimum atomic E-state index is -0.506. The number of nitrogens with two attached hydrogens (primary N) is 1. The van der Waals surface area contributed by atoms with Crippen LogP contribution in [-0.4, -0.2) is 22.6 Å². The minimum absolute atomic E-state index is 0.0576. The summed E-state index contributed by atoms with van der Waals surface area (Å²) in [6, 6.07) is 2.10. The van der Waals surface area contributed by atoms with Gasteiger partial charge in [-0.2, -0.15) is 10.4 Å². The number of anilines is 1. The third-order valence-corrected chi connectivity index (χ3v) is 2.39. The standard InChI is InChI=1S/C11H15N5O/c1-3-7-8(5-12)11(14-6-10(13)17)16-15-9(7)4-2/h3-4,6H2,1-2H3,(H2,13,17)(H,14,16). The number of amides is 1. The highest BCUT2D eigenvalue weighted by molar-refractivity contribution is 5.79. The Morgan fingerprint density at radius 1 is 1.41 bits per heavy atom. The summed E-state index contributed by atoms with van der Waals surface area (Å²) in [5.74, 6) is -0.186. The molecule has 0 fully saturated rings. The molecule has 0 aliphatic rings. The van der Waals surface area contributed by atoms with Crippen molar-refractivity contribution in [2.75, 3.05) is 11.9 Å². The second-order valence-electron chi connectivity index (χ2n) is 3.49. The van der Waals surface area contributed by atoms with E-state index in [1.807, 2.05) is 13.8 Å². The fraction of sp³-hybridized carbons (Fsp3) is 0.455. The first-order chi connectivity index (χ1) is 8.13. The summed E-state index contributed by atoms with van der Waals surface area (Å²) in [7, 11) is 0. The molecule has 1 heterocycles. The molecule has 0 aliphatic carbocycles. The van der Waals surface area contributed by atoms with Crippen LogP contribution in [0.2, 0.25) is 0 Å². The molecule has 0 bridgehead atoms. The summed E-state index contributed by atoms with van der Waals surface area (Å²) in [6.45, 7) is 3.85. The van der Waals surface area contributed by atoms with Gasteiger partial charge in [0.05, 0.1) is 12.2 Å². The van der Waals surface area contributed by atoms with Crippen LogP contribution >= 0.6 is 0 Å². The molecule has 0 aliphatic heterocycles. The smallest absolute Gasteiger partial charge is 0.236 e. The van der Waals surface area contributed by atoms with Crippen LogP contribution in [0, 0.1) is 11.3 Å². The third kappa shape index (κ3) is 2.91. The van der Waals surface area contributed by atoms with Crippen molar-refractivity contribution >= 4 is 11.7 Å². The average molecular weight is 233 g/mol. The first kappa shape index (κ1) is 12.9. The van der Waals surface area contributed by atoms with E-state index in [1.165, 1.54) is 0 Å². The lowest BCUT2D eigenvalue weighted by molar-refractivity contribution is -0.116. The van der Waals surface area contributed by atoms with Gasteiger partial charge in [0, 0.05) is 0 Å². The molecule has 0 saturated heterocycles. The Bertz CT molecular complexity index is 464. The molecule has 17 heavy (non-hydrogen) atoms. The Morgan fingerprint density at radius 3 is 2.59 bits per heavy atom. The maximum atomic E-state index is 10.7. The maximum absolute atomic E-state index is 10.7. The zero-order valence-corrected chi connectivity index (χ0v) is 9.95. The van der Waals surface area contributed by atoms with Crippen LogP contribution in [0.5, 0.6) is 0 Å². The minimum Gasteiger partial charge on any atom is -0.368 e. The van der Waals surface area contributed by atoms with Crippen LogP contribution < -0.4 is 11.1 Å². The molecular formula is C11H15N5O. The van der Waals surface area contributed by atoms with Gasteiger partial charge in [0.15, 0.2) is 5.82 Å². The number of nitrogens with one attached hydrogen (secondary N) is 1. The summed E-state index contributed by atoms with van der Waals surface area (Å²) < 4.78 is 0. The lowest BCUT2D eigenvalue weighted by Crippen LogP contribution is -2.23. The molecule has 0 atom stereocenters. The molecule has 1 aromatic rings. The molecule has 1 amide bonds. The predicted octanol–water partition coefficient (Wildman–Crippen LogP) is 0.370. The van der Waals surface area contributed by atoms with Crippen molar-refractivity contribution < 1.29 is 4.79 Å². The first-order valence-corrected chi connectivity index (χ1v) is 5.44. The number of nitriles is 1. The SMILES string of the molecule is CCc1nnc(NCC(N)=O)c(C#N)c1CC. The molecule has 0 radical (unpaired) electrons. The van der Waals surface area contributed by atoms with Crippen molar-refractivity contribution in [2.24, 2.45) is 5.73 Å². The van der Waals surface area contributed by atoms with Crippen LogP contribution in [0.4, 0.5) is 5.82 Å². The van der Waals surface area contributed by atoms with E-state index in [0.717, 1.165) is 17.7 Å². The fourth-order valence-electron chi connectivity index (χ4n) is 1.59. The lowest BCUT2D eigenvalue weighted by Gasteiger charge is -2.10. The van der Waals surface area contributed by atoms with Crippen molar-refractivity contribution in [3.63, 3.8) is 0 Å². The Labute approximate surface area is 99.8 Å². The second-order valence-corrected chi connectivity index (χ2v) is 3.49.